The summed E-state index contributed by atoms with van der Waals surface area (Å²) in [6.45, 7) is 5.53. The second-order valence-corrected chi connectivity index (χ2v) is 7.87. The van der Waals surface area contributed by atoms with E-state index in [9.17, 15) is 0 Å². The third-order valence-corrected chi connectivity index (χ3v) is 5.51. The molecule has 112 valence electrons. The van der Waals surface area contributed by atoms with Gasteiger partial charge in [-0.05, 0) is 83.1 Å². The summed E-state index contributed by atoms with van der Waals surface area (Å²) < 4.78 is 6.33. The van der Waals surface area contributed by atoms with Gasteiger partial charge in [0.25, 0.3) is 0 Å². The number of rotatable bonds is 4. The fourth-order valence-electron chi connectivity index (χ4n) is 3.16. The Morgan fingerprint density at radius 2 is 1.85 bits per heavy atom. The summed E-state index contributed by atoms with van der Waals surface area (Å²) in [5, 5.41) is 0. The van der Waals surface area contributed by atoms with E-state index < -0.39 is 0 Å². The highest BCUT2D eigenvalue weighted by Gasteiger charge is 2.37. The van der Waals surface area contributed by atoms with E-state index in [-0.39, 0.29) is 5.41 Å². The van der Waals surface area contributed by atoms with Crippen molar-refractivity contribution in [2.24, 2.45) is 16.6 Å². The predicted molar refractivity (Wildman–Crippen MR) is 88.1 cm³/mol. The lowest BCUT2D eigenvalue weighted by atomic mass is 9.63. The minimum atomic E-state index is 0.281. The number of hydrogen-bond acceptors (Lipinski definition) is 2. The molecule has 0 amide bonds. The summed E-state index contributed by atoms with van der Waals surface area (Å²) in [6.07, 6.45) is 6.10. The Kier molecular flexibility index (Phi) is 4.80. The van der Waals surface area contributed by atoms with E-state index in [4.69, 9.17) is 10.5 Å². The minimum Gasteiger partial charge on any atom is -0.496 e. The third kappa shape index (κ3) is 3.56. The molecule has 0 atom stereocenters. The maximum atomic E-state index is 6.13. The maximum absolute atomic E-state index is 6.13. The number of nitrogens with two attached hydrogens (primary N) is 1. The van der Waals surface area contributed by atoms with E-state index >= 15 is 0 Å². The monoisotopic (exact) mass is 339 g/mol. The van der Waals surface area contributed by atoms with Crippen molar-refractivity contribution in [3.8, 4) is 5.75 Å². The van der Waals surface area contributed by atoms with Gasteiger partial charge in [-0.3, -0.25) is 0 Å². The maximum Gasteiger partial charge on any atom is 0.133 e. The van der Waals surface area contributed by atoms with Gasteiger partial charge in [0.15, 0.2) is 0 Å². The standard InChI is InChI=1S/C17H26BrNO/c1-16(2)6-8-17(12-19,9-7-16)11-13-4-5-15(20-3)14(18)10-13/h4-5,10H,6-9,11-12,19H2,1-3H3. The molecule has 1 aromatic rings. The lowest BCUT2D eigenvalue weighted by molar-refractivity contribution is 0.108. The van der Waals surface area contributed by atoms with Gasteiger partial charge in [0.05, 0.1) is 11.6 Å². The molecule has 3 heteroatoms. The van der Waals surface area contributed by atoms with Crippen molar-refractivity contribution in [2.45, 2.75) is 46.0 Å². The average molecular weight is 340 g/mol. The number of hydrogen-bond donors (Lipinski definition) is 1. The molecule has 20 heavy (non-hydrogen) atoms. The molecule has 0 heterocycles. The fraction of sp³-hybridized carbons (Fsp3) is 0.647. The molecular formula is C17H26BrNO. The van der Waals surface area contributed by atoms with Crippen molar-refractivity contribution in [3.63, 3.8) is 0 Å². The van der Waals surface area contributed by atoms with Crippen molar-refractivity contribution >= 4 is 15.9 Å². The number of methoxy groups -OCH3 is 1. The Morgan fingerprint density at radius 1 is 1.20 bits per heavy atom. The number of ether oxygens (including phenoxy) is 1. The zero-order valence-electron chi connectivity index (χ0n) is 12.8. The first kappa shape index (κ1) is 15.8. The first-order valence-corrected chi connectivity index (χ1v) is 8.22. The fourth-order valence-corrected chi connectivity index (χ4v) is 3.75. The Balaban J connectivity index is 2.12. The topological polar surface area (TPSA) is 35.2 Å². The molecule has 0 radical (unpaired) electrons. The molecule has 0 spiro atoms. The van der Waals surface area contributed by atoms with Gasteiger partial charge in [-0.25, -0.2) is 0 Å². The van der Waals surface area contributed by atoms with E-state index in [0.717, 1.165) is 23.2 Å². The van der Waals surface area contributed by atoms with Crippen LogP contribution in [0.3, 0.4) is 0 Å². The van der Waals surface area contributed by atoms with Crippen LogP contribution in [-0.4, -0.2) is 13.7 Å². The van der Waals surface area contributed by atoms with Crippen LogP contribution in [0.15, 0.2) is 22.7 Å². The highest BCUT2D eigenvalue weighted by Crippen LogP contribution is 2.46. The van der Waals surface area contributed by atoms with E-state index in [1.807, 2.05) is 6.07 Å². The molecule has 2 rings (SSSR count). The molecule has 0 saturated heterocycles. The summed E-state index contributed by atoms with van der Waals surface area (Å²) in [6, 6.07) is 6.38. The van der Waals surface area contributed by atoms with Gasteiger partial charge in [0, 0.05) is 0 Å². The second kappa shape index (κ2) is 6.07. The lowest BCUT2D eigenvalue weighted by Crippen LogP contribution is -2.38. The van der Waals surface area contributed by atoms with Crippen LogP contribution in [0.25, 0.3) is 0 Å². The van der Waals surface area contributed by atoms with Crippen molar-refractivity contribution in [1.82, 2.24) is 0 Å². The summed E-state index contributed by atoms with van der Waals surface area (Å²) in [7, 11) is 1.70. The van der Waals surface area contributed by atoms with Gasteiger partial charge in [-0.1, -0.05) is 19.9 Å². The first-order valence-electron chi connectivity index (χ1n) is 7.42. The van der Waals surface area contributed by atoms with Gasteiger partial charge in [-0.15, -0.1) is 0 Å². The van der Waals surface area contributed by atoms with E-state index in [0.29, 0.717) is 5.41 Å². The molecule has 2 nitrogen and oxygen atoms in total. The van der Waals surface area contributed by atoms with Crippen LogP contribution < -0.4 is 10.5 Å². The van der Waals surface area contributed by atoms with E-state index in [1.165, 1.54) is 31.2 Å². The number of benzene rings is 1. The molecule has 0 aromatic heterocycles. The van der Waals surface area contributed by atoms with E-state index in [1.54, 1.807) is 7.11 Å². The zero-order valence-corrected chi connectivity index (χ0v) is 14.4. The summed E-state index contributed by atoms with van der Waals surface area (Å²) in [5.41, 5.74) is 8.25. The molecule has 1 aliphatic rings. The first-order chi connectivity index (χ1) is 9.40. The van der Waals surface area contributed by atoms with Crippen LogP contribution in [0.2, 0.25) is 0 Å². The Bertz CT molecular complexity index is 460. The van der Waals surface area contributed by atoms with Crippen molar-refractivity contribution < 1.29 is 4.74 Å². The largest absolute Gasteiger partial charge is 0.496 e. The molecule has 0 bridgehead atoms. The Morgan fingerprint density at radius 3 is 2.35 bits per heavy atom. The minimum absolute atomic E-state index is 0.281. The molecule has 0 unspecified atom stereocenters. The molecule has 1 aromatic carbocycles. The van der Waals surface area contributed by atoms with Crippen LogP contribution in [0.1, 0.15) is 45.1 Å². The van der Waals surface area contributed by atoms with Gasteiger partial charge in [0.2, 0.25) is 0 Å². The van der Waals surface area contributed by atoms with E-state index in [2.05, 4.69) is 41.9 Å². The van der Waals surface area contributed by atoms with Crippen molar-refractivity contribution in [1.29, 1.82) is 0 Å². The Hall–Kier alpha value is -0.540. The van der Waals surface area contributed by atoms with Crippen molar-refractivity contribution in [2.75, 3.05) is 13.7 Å². The predicted octanol–water partition coefficient (Wildman–Crippen LogP) is 4.55. The zero-order chi connectivity index (χ0) is 14.8. The summed E-state index contributed by atoms with van der Waals surface area (Å²) in [5.74, 6) is 0.889. The molecule has 2 N–H and O–H groups in total. The smallest absolute Gasteiger partial charge is 0.133 e. The van der Waals surface area contributed by atoms with Gasteiger partial charge in [-0.2, -0.15) is 0 Å². The molecule has 1 saturated carbocycles. The lowest BCUT2D eigenvalue weighted by Gasteiger charge is -2.43. The Labute approximate surface area is 131 Å². The summed E-state index contributed by atoms with van der Waals surface area (Å²) in [4.78, 5) is 0. The molecule has 1 aliphatic carbocycles. The second-order valence-electron chi connectivity index (χ2n) is 7.01. The van der Waals surface area contributed by atoms with Crippen LogP contribution >= 0.6 is 15.9 Å². The highest BCUT2D eigenvalue weighted by molar-refractivity contribution is 9.10. The van der Waals surface area contributed by atoms with Crippen LogP contribution in [0.5, 0.6) is 5.75 Å². The molecular weight excluding hydrogens is 314 g/mol. The highest BCUT2D eigenvalue weighted by atomic mass is 79.9. The van der Waals surface area contributed by atoms with Crippen LogP contribution in [-0.2, 0) is 6.42 Å². The quantitative estimate of drug-likeness (QED) is 0.873. The van der Waals surface area contributed by atoms with Gasteiger partial charge >= 0.3 is 0 Å². The molecule has 0 aliphatic heterocycles. The third-order valence-electron chi connectivity index (χ3n) is 4.89. The number of halogens is 1. The van der Waals surface area contributed by atoms with Crippen molar-refractivity contribution in [3.05, 3.63) is 28.2 Å². The molecule has 1 fully saturated rings. The van der Waals surface area contributed by atoms with Gasteiger partial charge in [0.1, 0.15) is 5.75 Å². The van der Waals surface area contributed by atoms with Crippen LogP contribution in [0.4, 0.5) is 0 Å². The van der Waals surface area contributed by atoms with Crippen LogP contribution in [0, 0.1) is 10.8 Å². The summed E-state index contributed by atoms with van der Waals surface area (Å²) >= 11 is 3.57. The SMILES string of the molecule is COc1ccc(CC2(CN)CCC(C)(C)CC2)cc1Br. The van der Waals surface area contributed by atoms with Gasteiger partial charge < -0.3 is 10.5 Å². The normalized spacial score (nSPS) is 20.6. The average Bonchev–Trinajstić information content (AvgIpc) is 2.42.